The van der Waals surface area contributed by atoms with E-state index in [2.05, 4.69) is 148 Å². The Morgan fingerprint density at radius 2 is 0.957 bits per heavy atom. The van der Waals surface area contributed by atoms with E-state index in [-0.39, 0.29) is 0 Å². The lowest BCUT2D eigenvalue weighted by molar-refractivity contribution is 0.560. The average molecular weight is 604 g/mol. The molecule has 47 heavy (non-hydrogen) atoms. The Balaban J connectivity index is 1.45. The highest BCUT2D eigenvalue weighted by Gasteiger charge is 2.23. The summed E-state index contributed by atoms with van der Waals surface area (Å²) in [4.78, 5) is 4.89. The Kier molecular flexibility index (Phi) is 6.26. The van der Waals surface area contributed by atoms with E-state index in [0.29, 0.717) is 5.89 Å². The molecule has 1 aromatic heterocycles. The molecule has 9 rings (SSSR count). The zero-order valence-corrected chi connectivity index (χ0v) is 26.8. The lowest BCUT2D eigenvalue weighted by Gasteiger charge is -2.22. The molecule has 8 aromatic rings. The third kappa shape index (κ3) is 4.29. The first-order chi connectivity index (χ1) is 23.1. The quantitative estimate of drug-likeness (QED) is 0.183. The van der Waals surface area contributed by atoms with Crippen molar-refractivity contribution in [3.63, 3.8) is 0 Å². The van der Waals surface area contributed by atoms with Crippen LogP contribution in [0.4, 0.5) is 0 Å². The number of aromatic nitrogens is 1. The average Bonchev–Trinajstić information content (AvgIpc) is 3.81. The zero-order valence-electron chi connectivity index (χ0n) is 26.8. The minimum atomic E-state index is 0.652. The molecule has 2 nitrogen and oxygen atoms in total. The molecule has 2 heteroatoms. The molecule has 7 aromatic carbocycles. The van der Waals surface area contributed by atoms with Crippen LogP contribution in [-0.4, -0.2) is 4.98 Å². The fraction of sp³-hybridized carbons (Fsp3) is 0.0889. The van der Waals surface area contributed by atoms with Crippen molar-refractivity contribution in [2.75, 3.05) is 0 Å². The molecule has 0 bridgehead atoms. The number of aryl methyl sites for hydroxylation is 3. The number of benzene rings is 7. The zero-order chi connectivity index (χ0) is 31.6. The van der Waals surface area contributed by atoms with Gasteiger partial charge in [-0.2, -0.15) is 0 Å². The molecule has 0 aliphatic heterocycles. The van der Waals surface area contributed by atoms with Crippen LogP contribution in [0, 0.1) is 20.8 Å². The highest BCUT2D eigenvalue weighted by Crippen LogP contribution is 2.49. The summed E-state index contributed by atoms with van der Waals surface area (Å²) in [6.45, 7) is 6.62. The Labute approximate surface area is 274 Å². The van der Waals surface area contributed by atoms with Gasteiger partial charge in [-0.25, -0.2) is 4.98 Å². The molecule has 0 saturated carbocycles. The van der Waals surface area contributed by atoms with Crippen molar-refractivity contribution in [3.8, 4) is 44.8 Å². The predicted molar refractivity (Wildman–Crippen MR) is 198 cm³/mol. The first-order valence-electron chi connectivity index (χ1n) is 16.4. The van der Waals surface area contributed by atoms with Gasteiger partial charge in [0.2, 0.25) is 5.89 Å². The minimum absolute atomic E-state index is 0.652. The molecular weight excluding hydrogens is 571 g/mol. The molecule has 0 fully saturated rings. The van der Waals surface area contributed by atoms with Crippen LogP contribution >= 0.6 is 0 Å². The van der Waals surface area contributed by atoms with E-state index in [4.69, 9.17) is 9.40 Å². The highest BCUT2D eigenvalue weighted by atomic mass is 16.4. The van der Waals surface area contributed by atoms with Gasteiger partial charge in [0.05, 0.1) is 6.20 Å². The van der Waals surface area contributed by atoms with Crippen molar-refractivity contribution >= 4 is 37.9 Å². The summed E-state index contributed by atoms with van der Waals surface area (Å²) < 4.78 is 6.56. The Bertz CT molecular complexity index is 2510. The van der Waals surface area contributed by atoms with Gasteiger partial charge >= 0.3 is 0 Å². The second kappa shape index (κ2) is 10.7. The summed E-state index contributed by atoms with van der Waals surface area (Å²) in [6.07, 6.45) is 9.11. The van der Waals surface area contributed by atoms with Crippen LogP contribution in [0.1, 0.15) is 28.9 Å². The van der Waals surface area contributed by atoms with Crippen LogP contribution in [0.2, 0.25) is 0 Å². The topological polar surface area (TPSA) is 26.0 Å². The van der Waals surface area contributed by atoms with Gasteiger partial charge in [-0.3, -0.25) is 0 Å². The molecule has 0 saturated heterocycles. The van der Waals surface area contributed by atoms with Gasteiger partial charge in [-0.05, 0) is 122 Å². The van der Waals surface area contributed by atoms with E-state index in [1.165, 1.54) is 77.0 Å². The third-order valence-corrected chi connectivity index (χ3v) is 10.0. The SMILES string of the molecule is Cc1ccccc1-c1cc(-c2ncc(C3=CC=CC3)o2)c2ccc3c(-c4ccccc4C)cc(-c4ccccc4C)c4ccc1c2c34. The van der Waals surface area contributed by atoms with Crippen molar-refractivity contribution < 1.29 is 4.42 Å². The molecule has 0 amide bonds. The molecule has 0 spiro atoms. The van der Waals surface area contributed by atoms with Gasteiger partial charge in [-0.15, -0.1) is 0 Å². The smallest absolute Gasteiger partial charge is 0.227 e. The van der Waals surface area contributed by atoms with Crippen LogP contribution < -0.4 is 0 Å². The van der Waals surface area contributed by atoms with E-state index in [1.54, 1.807) is 0 Å². The third-order valence-electron chi connectivity index (χ3n) is 10.0. The van der Waals surface area contributed by atoms with Crippen LogP contribution in [0.3, 0.4) is 0 Å². The Hall–Kier alpha value is -5.73. The van der Waals surface area contributed by atoms with Gasteiger partial charge in [0, 0.05) is 11.1 Å². The van der Waals surface area contributed by atoms with E-state index in [0.717, 1.165) is 28.7 Å². The van der Waals surface area contributed by atoms with Crippen molar-refractivity contribution in [1.82, 2.24) is 4.98 Å². The lowest BCUT2D eigenvalue weighted by atomic mass is 9.81. The minimum Gasteiger partial charge on any atom is -0.436 e. The standard InChI is InChI=1S/C45H33NO/c1-27-12-4-9-17-31(27)38-24-39(32-18-10-5-13-28(32)2)35-22-23-37-41(45-46-26-42(47-45)30-15-7-8-16-30)25-40(33-19-11-6-14-29(33)3)36-21-20-34(38)43(35)44(36)37/h4-15,17-26H,16H2,1-3H3. The maximum Gasteiger partial charge on any atom is 0.227 e. The summed E-state index contributed by atoms with van der Waals surface area (Å²) in [5.41, 5.74) is 13.4. The summed E-state index contributed by atoms with van der Waals surface area (Å²) in [7, 11) is 0. The van der Waals surface area contributed by atoms with Crippen LogP contribution in [-0.2, 0) is 0 Å². The number of nitrogens with zero attached hydrogens (tertiary/aromatic N) is 1. The predicted octanol–water partition coefficient (Wildman–Crippen LogP) is 12.5. The number of hydrogen-bond acceptors (Lipinski definition) is 2. The lowest BCUT2D eigenvalue weighted by Crippen LogP contribution is -1.96. The first kappa shape index (κ1) is 27.6. The van der Waals surface area contributed by atoms with Gasteiger partial charge < -0.3 is 4.42 Å². The van der Waals surface area contributed by atoms with Gasteiger partial charge in [-0.1, -0.05) is 115 Å². The monoisotopic (exact) mass is 603 g/mol. The molecular formula is C45H33NO. The first-order valence-corrected chi connectivity index (χ1v) is 16.4. The maximum atomic E-state index is 6.56. The maximum absolute atomic E-state index is 6.56. The van der Waals surface area contributed by atoms with Gasteiger partial charge in [0.1, 0.15) is 0 Å². The molecule has 1 heterocycles. The number of oxazole rings is 1. The fourth-order valence-electron chi connectivity index (χ4n) is 7.64. The van der Waals surface area contributed by atoms with Crippen LogP contribution in [0.25, 0.3) is 82.7 Å². The second-order valence-electron chi connectivity index (χ2n) is 12.8. The summed E-state index contributed by atoms with van der Waals surface area (Å²) in [6, 6.07) is 40.2. The van der Waals surface area contributed by atoms with Crippen molar-refractivity contribution in [2.45, 2.75) is 27.2 Å². The number of rotatable bonds is 5. The molecule has 224 valence electrons. The largest absolute Gasteiger partial charge is 0.436 e. The van der Waals surface area contributed by atoms with Gasteiger partial charge in [0.15, 0.2) is 5.76 Å². The van der Waals surface area contributed by atoms with Crippen molar-refractivity contribution in [3.05, 3.63) is 156 Å². The van der Waals surface area contributed by atoms with Crippen LogP contribution in [0.5, 0.6) is 0 Å². The van der Waals surface area contributed by atoms with E-state index >= 15 is 0 Å². The molecule has 0 unspecified atom stereocenters. The summed E-state index contributed by atoms with van der Waals surface area (Å²) >= 11 is 0. The van der Waals surface area contributed by atoms with Crippen molar-refractivity contribution in [2.24, 2.45) is 0 Å². The van der Waals surface area contributed by atoms with Crippen molar-refractivity contribution in [1.29, 1.82) is 0 Å². The molecule has 1 aliphatic rings. The van der Waals surface area contributed by atoms with E-state index in [1.807, 2.05) is 6.20 Å². The fourth-order valence-corrected chi connectivity index (χ4v) is 7.64. The number of allylic oxidation sites excluding steroid dienone is 4. The van der Waals surface area contributed by atoms with Gasteiger partial charge in [0.25, 0.3) is 0 Å². The molecule has 0 N–H and O–H groups in total. The molecule has 1 aliphatic carbocycles. The Morgan fingerprint density at radius 3 is 1.40 bits per heavy atom. The normalized spacial score (nSPS) is 13.0. The molecule has 0 atom stereocenters. The summed E-state index contributed by atoms with van der Waals surface area (Å²) in [5, 5.41) is 7.44. The Morgan fingerprint density at radius 1 is 0.511 bits per heavy atom. The van der Waals surface area contributed by atoms with Crippen LogP contribution in [0.15, 0.2) is 138 Å². The van der Waals surface area contributed by atoms with E-state index < -0.39 is 0 Å². The molecule has 0 radical (unpaired) electrons. The highest BCUT2D eigenvalue weighted by molar-refractivity contribution is 6.31. The van der Waals surface area contributed by atoms with E-state index in [9.17, 15) is 0 Å². The summed E-state index contributed by atoms with van der Waals surface area (Å²) in [5.74, 6) is 1.48. The second-order valence-corrected chi connectivity index (χ2v) is 12.8. The number of hydrogen-bond donors (Lipinski definition) is 0.